The van der Waals surface area contributed by atoms with Crippen LogP contribution in [0.3, 0.4) is 0 Å². The summed E-state index contributed by atoms with van der Waals surface area (Å²) in [5.74, 6) is 0.0189. The van der Waals surface area contributed by atoms with Gasteiger partial charge in [-0.1, -0.05) is 73.8 Å². The Kier molecular flexibility index (Phi) is 9.47. The highest BCUT2D eigenvalue weighted by atomic mass is 35.5. The van der Waals surface area contributed by atoms with Crippen molar-refractivity contribution in [2.24, 2.45) is 5.92 Å². The molecule has 2 aromatic rings. The highest BCUT2D eigenvalue weighted by molar-refractivity contribution is 6.42. The highest BCUT2D eigenvalue weighted by Gasteiger charge is 2.28. The second-order valence-electron chi connectivity index (χ2n) is 7.64. The molecule has 1 N–H and O–H groups in total. The first kappa shape index (κ1) is 24.5. The van der Waals surface area contributed by atoms with Crippen molar-refractivity contribution in [2.75, 3.05) is 6.54 Å². The number of amides is 2. The molecule has 2 aromatic carbocycles. The van der Waals surface area contributed by atoms with Crippen molar-refractivity contribution in [3.63, 3.8) is 0 Å². The minimum atomic E-state index is -0.585. The summed E-state index contributed by atoms with van der Waals surface area (Å²) in [4.78, 5) is 27.7. The molecule has 0 spiro atoms. The van der Waals surface area contributed by atoms with E-state index < -0.39 is 6.04 Å². The van der Waals surface area contributed by atoms with Gasteiger partial charge in [0, 0.05) is 18.1 Å². The van der Waals surface area contributed by atoms with Gasteiger partial charge in [0.2, 0.25) is 11.8 Å². The lowest BCUT2D eigenvalue weighted by molar-refractivity contribution is -0.141. The molecule has 2 rings (SSSR count). The van der Waals surface area contributed by atoms with Crippen LogP contribution in [0.15, 0.2) is 42.5 Å². The third-order valence-electron chi connectivity index (χ3n) is 4.68. The lowest BCUT2D eigenvalue weighted by Gasteiger charge is -2.31. The van der Waals surface area contributed by atoms with Gasteiger partial charge in [0.25, 0.3) is 0 Å². The van der Waals surface area contributed by atoms with Crippen LogP contribution >= 0.6 is 34.8 Å². The van der Waals surface area contributed by atoms with Gasteiger partial charge in [0.1, 0.15) is 6.04 Å². The van der Waals surface area contributed by atoms with Crippen molar-refractivity contribution in [3.8, 4) is 0 Å². The molecule has 0 aliphatic rings. The van der Waals surface area contributed by atoms with Crippen LogP contribution in [0, 0.1) is 5.92 Å². The second kappa shape index (κ2) is 11.6. The molecule has 1 atom stereocenters. The molecule has 0 fully saturated rings. The second-order valence-corrected chi connectivity index (χ2v) is 8.89. The van der Waals surface area contributed by atoms with Crippen molar-refractivity contribution in [2.45, 2.75) is 46.2 Å². The summed E-state index contributed by atoms with van der Waals surface area (Å²) < 4.78 is 0. The average Bonchev–Trinajstić information content (AvgIpc) is 2.70. The molecule has 0 radical (unpaired) electrons. The Labute approximate surface area is 193 Å². The van der Waals surface area contributed by atoms with Crippen LogP contribution in [0.25, 0.3) is 0 Å². The minimum absolute atomic E-state index is 0.144. The molecule has 0 saturated carbocycles. The molecular formula is C23H27Cl3N2O2. The predicted molar refractivity (Wildman–Crippen MR) is 124 cm³/mol. The Morgan fingerprint density at radius 1 is 0.967 bits per heavy atom. The van der Waals surface area contributed by atoms with E-state index in [1.165, 1.54) is 0 Å². The van der Waals surface area contributed by atoms with Gasteiger partial charge in [0.05, 0.1) is 16.5 Å². The van der Waals surface area contributed by atoms with Gasteiger partial charge in [-0.25, -0.2) is 0 Å². The van der Waals surface area contributed by atoms with E-state index in [-0.39, 0.29) is 24.8 Å². The van der Waals surface area contributed by atoms with Gasteiger partial charge >= 0.3 is 0 Å². The number of halogens is 3. The van der Waals surface area contributed by atoms with E-state index in [9.17, 15) is 9.59 Å². The van der Waals surface area contributed by atoms with Crippen molar-refractivity contribution in [3.05, 3.63) is 68.7 Å². The standard InChI is InChI=1S/C23H27Cl3N2O2/c1-4-21(23(30)27-13-15(2)3)28(14-17-7-10-19(25)20(26)11-17)22(29)12-16-5-8-18(24)9-6-16/h5-11,15,21H,4,12-14H2,1-3H3,(H,27,30)/t21-/m0/s1. The largest absolute Gasteiger partial charge is 0.354 e. The van der Waals surface area contributed by atoms with E-state index in [2.05, 4.69) is 5.32 Å². The Bertz CT molecular complexity index is 869. The zero-order chi connectivity index (χ0) is 22.3. The zero-order valence-electron chi connectivity index (χ0n) is 17.4. The fourth-order valence-corrected chi connectivity index (χ4v) is 3.50. The molecule has 30 heavy (non-hydrogen) atoms. The van der Waals surface area contributed by atoms with Gasteiger partial charge in [-0.2, -0.15) is 0 Å². The Morgan fingerprint density at radius 2 is 1.60 bits per heavy atom. The quantitative estimate of drug-likeness (QED) is 0.507. The SMILES string of the molecule is CC[C@@H](C(=O)NCC(C)C)N(Cc1ccc(Cl)c(Cl)c1)C(=O)Cc1ccc(Cl)cc1. The summed E-state index contributed by atoms with van der Waals surface area (Å²) in [5, 5.41) is 4.42. The summed E-state index contributed by atoms with van der Waals surface area (Å²) in [6.07, 6.45) is 0.671. The molecule has 0 aromatic heterocycles. The monoisotopic (exact) mass is 468 g/mol. The first-order valence-electron chi connectivity index (χ1n) is 9.96. The van der Waals surface area contributed by atoms with Crippen LogP contribution in [0.5, 0.6) is 0 Å². The summed E-state index contributed by atoms with van der Waals surface area (Å²) >= 11 is 18.1. The first-order valence-corrected chi connectivity index (χ1v) is 11.1. The molecule has 162 valence electrons. The number of carbonyl (C=O) groups is 2. The summed E-state index contributed by atoms with van der Waals surface area (Å²) in [7, 11) is 0. The maximum Gasteiger partial charge on any atom is 0.242 e. The summed E-state index contributed by atoms with van der Waals surface area (Å²) in [6.45, 7) is 6.77. The fourth-order valence-electron chi connectivity index (χ4n) is 3.06. The number of carbonyl (C=O) groups excluding carboxylic acids is 2. The molecule has 7 heteroatoms. The van der Waals surface area contributed by atoms with E-state index >= 15 is 0 Å². The van der Waals surface area contributed by atoms with Crippen LogP contribution in [-0.2, 0) is 22.6 Å². The maximum atomic E-state index is 13.3. The smallest absolute Gasteiger partial charge is 0.242 e. The molecule has 0 aliphatic heterocycles. The van der Waals surface area contributed by atoms with Crippen molar-refractivity contribution < 1.29 is 9.59 Å². The van der Waals surface area contributed by atoms with Crippen molar-refractivity contribution in [1.82, 2.24) is 10.2 Å². The molecule has 2 amide bonds. The Hall–Kier alpha value is -1.75. The molecule has 0 unspecified atom stereocenters. The number of benzene rings is 2. The molecule has 4 nitrogen and oxygen atoms in total. The van der Waals surface area contributed by atoms with E-state index in [0.717, 1.165) is 11.1 Å². The van der Waals surface area contributed by atoms with Crippen molar-refractivity contribution in [1.29, 1.82) is 0 Å². The van der Waals surface area contributed by atoms with Gasteiger partial charge in [-0.3, -0.25) is 9.59 Å². The van der Waals surface area contributed by atoms with Crippen molar-refractivity contribution >= 4 is 46.6 Å². The Morgan fingerprint density at radius 3 is 2.17 bits per heavy atom. The molecule has 0 saturated heterocycles. The van der Waals surface area contributed by atoms with Gasteiger partial charge in [0.15, 0.2) is 0 Å². The normalized spacial score (nSPS) is 12.0. The van der Waals surface area contributed by atoms with E-state index in [1.54, 1.807) is 29.2 Å². The molecule has 0 aliphatic carbocycles. The third kappa shape index (κ3) is 7.19. The zero-order valence-corrected chi connectivity index (χ0v) is 19.7. The first-order chi connectivity index (χ1) is 14.2. The number of hydrogen-bond acceptors (Lipinski definition) is 2. The molecule has 0 bridgehead atoms. The van der Waals surface area contributed by atoms with Gasteiger partial charge in [-0.05, 0) is 47.7 Å². The molecular weight excluding hydrogens is 443 g/mol. The average molecular weight is 470 g/mol. The van der Waals surface area contributed by atoms with Crippen LogP contribution in [0.2, 0.25) is 15.1 Å². The van der Waals surface area contributed by atoms with Crippen LogP contribution in [0.4, 0.5) is 0 Å². The van der Waals surface area contributed by atoms with Crippen LogP contribution in [-0.4, -0.2) is 29.3 Å². The molecule has 0 heterocycles. The van der Waals surface area contributed by atoms with Crippen LogP contribution < -0.4 is 5.32 Å². The fraction of sp³-hybridized carbons (Fsp3) is 0.391. The third-order valence-corrected chi connectivity index (χ3v) is 5.67. The van der Waals surface area contributed by atoms with Gasteiger partial charge in [-0.15, -0.1) is 0 Å². The summed E-state index contributed by atoms with van der Waals surface area (Å²) in [5.41, 5.74) is 1.64. The Balaban J connectivity index is 2.28. The number of rotatable bonds is 9. The maximum absolute atomic E-state index is 13.3. The van der Waals surface area contributed by atoms with E-state index in [4.69, 9.17) is 34.8 Å². The van der Waals surface area contributed by atoms with Gasteiger partial charge < -0.3 is 10.2 Å². The number of nitrogens with zero attached hydrogens (tertiary/aromatic N) is 1. The summed E-state index contributed by atoms with van der Waals surface area (Å²) in [6, 6.07) is 11.8. The number of nitrogens with one attached hydrogen (secondary N) is 1. The van der Waals surface area contributed by atoms with E-state index in [1.807, 2.05) is 39.0 Å². The highest BCUT2D eigenvalue weighted by Crippen LogP contribution is 2.24. The number of hydrogen-bond donors (Lipinski definition) is 1. The predicted octanol–water partition coefficient (Wildman–Crippen LogP) is 5.77. The minimum Gasteiger partial charge on any atom is -0.354 e. The topological polar surface area (TPSA) is 49.4 Å². The lowest BCUT2D eigenvalue weighted by atomic mass is 10.1. The van der Waals surface area contributed by atoms with E-state index in [0.29, 0.717) is 34.0 Å². The van der Waals surface area contributed by atoms with Crippen LogP contribution in [0.1, 0.15) is 38.3 Å². The lowest BCUT2D eigenvalue weighted by Crippen LogP contribution is -2.50.